The van der Waals surface area contributed by atoms with Crippen molar-refractivity contribution in [3.8, 4) is 5.75 Å². The van der Waals surface area contributed by atoms with Gasteiger partial charge in [-0.2, -0.15) is 13.2 Å². The first-order valence-corrected chi connectivity index (χ1v) is 10.0. The summed E-state index contributed by atoms with van der Waals surface area (Å²) in [7, 11) is 0. The minimum Gasteiger partial charge on any atom is -0.489 e. The monoisotopic (exact) mass is 464 g/mol. The number of rotatable bonds is 8. The van der Waals surface area contributed by atoms with Gasteiger partial charge in [-0.05, 0) is 58.0 Å². The Morgan fingerprint density at radius 2 is 1.76 bits per heavy atom. The molecule has 3 rings (SSSR count). The van der Waals surface area contributed by atoms with E-state index in [-0.39, 0.29) is 23.4 Å². The molecule has 0 aliphatic heterocycles. The molecule has 0 amide bonds. The second-order valence-corrected chi connectivity index (χ2v) is 7.60. The lowest BCUT2D eigenvalue weighted by Gasteiger charge is -2.12. The van der Waals surface area contributed by atoms with Gasteiger partial charge in [0, 0.05) is 17.0 Å². The second kappa shape index (κ2) is 9.51. The van der Waals surface area contributed by atoms with Crippen LogP contribution < -0.4 is 4.74 Å². The SMILES string of the molecule is Cc1noc(C)c1COc1ccc(C(=O)OCC(=O)c2cc(C)n(CC(F)(F)F)c2C)cc1. The van der Waals surface area contributed by atoms with Gasteiger partial charge in [-0.15, -0.1) is 0 Å². The Morgan fingerprint density at radius 1 is 1.09 bits per heavy atom. The first-order chi connectivity index (χ1) is 15.5. The zero-order valence-electron chi connectivity index (χ0n) is 18.6. The molecule has 2 aromatic heterocycles. The highest BCUT2D eigenvalue weighted by Gasteiger charge is 2.30. The van der Waals surface area contributed by atoms with Crippen LogP contribution in [0.25, 0.3) is 0 Å². The molecule has 3 aromatic rings. The number of hydrogen-bond donors (Lipinski definition) is 0. The Bertz CT molecular complexity index is 1140. The molecule has 1 aromatic carbocycles. The molecule has 0 saturated heterocycles. The third-order valence-electron chi connectivity index (χ3n) is 5.20. The van der Waals surface area contributed by atoms with Crippen LogP contribution in [0.5, 0.6) is 5.75 Å². The van der Waals surface area contributed by atoms with Gasteiger partial charge in [0.05, 0.1) is 16.8 Å². The maximum absolute atomic E-state index is 12.7. The third-order valence-corrected chi connectivity index (χ3v) is 5.20. The van der Waals surface area contributed by atoms with Gasteiger partial charge in [-0.1, -0.05) is 5.16 Å². The van der Waals surface area contributed by atoms with Gasteiger partial charge in [0.2, 0.25) is 5.78 Å². The lowest BCUT2D eigenvalue weighted by molar-refractivity contribution is -0.141. The largest absolute Gasteiger partial charge is 0.489 e. The van der Waals surface area contributed by atoms with E-state index in [0.29, 0.717) is 17.2 Å². The second-order valence-electron chi connectivity index (χ2n) is 7.60. The number of carbonyl (C=O) groups is 2. The normalized spacial score (nSPS) is 11.5. The van der Waals surface area contributed by atoms with Crippen molar-refractivity contribution in [3.05, 3.63) is 69.9 Å². The van der Waals surface area contributed by atoms with Crippen LogP contribution in [0, 0.1) is 27.7 Å². The number of carbonyl (C=O) groups excluding carboxylic acids is 2. The minimum atomic E-state index is -4.41. The van der Waals surface area contributed by atoms with Gasteiger partial charge in [-0.3, -0.25) is 4.79 Å². The first kappa shape index (κ1) is 24.1. The number of aryl methyl sites for hydroxylation is 3. The van der Waals surface area contributed by atoms with Crippen LogP contribution in [0.3, 0.4) is 0 Å². The number of hydrogen-bond acceptors (Lipinski definition) is 6. The summed E-state index contributed by atoms with van der Waals surface area (Å²) in [5.41, 5.74) is 2.34. The predicted molar refractivity (Wildman–Crippen MR) is 111 cm³/mol. The van der Waals surface area contributed by atoms with Gasteiger partial charge in [0.15, 0.2) is 6.61 Å². The molecule has 33 heavy (non-hydrogen) atoms. The van der Waals surface area contributed by atoms with E-state index in [2.05, 4.69) is 5.16 Å². The zero-order valence-corrected chi connectivity index (χ0v) is 18.6. The maximum Gasteiger partial charge on any atom is 0.406 e. The van der Waals surface area contributed by atoms with E-state index in [0.717, 1.165) is 15.8 Å². The first-order valence-electron chi connectivity index (χ1n) is 10.0. The molecule has 0 radical (unpaired) electrons. The number of ketones is 1. The summed E-state index contributed by atoms with van der Waals surface area (Å²) in [6, 6.07) is 7.51. The number of ether oxygens (including phenoxy) is 2. The van der Waals surface area contributed by atoms with Crippen LogP contribution in [0.1, 0.15) is 49.1 Å². The molecule has 0 unspecified atom stereocenters. The van der Waals surface area contributed by atoms with Gasteiger partial charge >= 0.3 is 12.1 Å². The van der Waals surface area contributed by atoms with Crippen molar-refractivity contribution in [2.24, 2.45) is 0 Å². The van der Waals surface area contributed by atoms with Crippen molar-refractivity contribution in [2.45, 2.75) is 47.0 Å². The van der Waals surface area contributed by atoms with E-state index in [1.807, 2.05) is 6.92 Å². The molecule has 0 fully saturated rings. The quantitative estimate of drug-likeness (QED) is 0.349. The minimum absolute atomic E-state index is 0.0904. The summed E-state index contributed by atoms with van der Waals surface area (Å²) in [5, 5.41) is 3.85. The van der Waals surface area contributed by atoms with Crippen LogP contribution in [0.15, 0.2) is 34.9 Å². The molecule has 0 bridgehead atoms. The Morgan fingerprint density at radius 3 is 2.33 bits per heavy atom. The van der Waals surface area contributed by atoms with Crippen LogP contribution in [-0.4, -0.2) is 34.3 Å². The van der Waals surface area contributed by atoms with Crippen LogP contribution in [0.4, 0.5) is 13.2 Å². The average molecular weight is 464 g/mol. The lowest BCUT2D eigenvalue weighted by Crippen LogP contribution is -2.20. The smallest absolute Gasteiger partial charge is 0.406 e. The van der Waals surface area contributed by atoms with E-state index in [9.17, 15) is 22.8 Å². The van der Waals surface area contributed by atoms with E-state index in [1.165, 1.54) is 32.0 Å². The van der Waals surface area contributed by atoms with Gasteiger partial charge < -0.3 is 18.6 Å². The highest BCUT2D eigenvalue weighted by atomic mass is 19.4. The number of alkyl halides is 3. The van der Waals surface area contributed by atoms with E-state index in [4.69, 9.17) is 14.0 Å². The van der Waals surface area contributed by atoms with Crippen molar-refractivity contribution >= 4 is 11.8 Å². The summed E-state index contributed by atoms with van der Waals surface area (Å²) < 4.78 is 55.1. The molecule has 0 spiro atoms. The number of Topliss-reactive ketones (excluding diaryl/α,β-unsaturated/α-hetero) is 1. The molecule has 10 heteroatoms. The molecule has 0 atom stereocenters. The fourth-order valence-electron chi connectivity index (χ4n) is 3.35. The summed E-state index contributed by atoms with van der Waals surface area (Å²) in [4.78, 5) is 24.7. The van der Waals surface area contributed by atoms with Crippen LogP contribution >= 0.6 is 0 Å². The number of halogens is 3. The number of benzene rings is 1. The fraction of sp³-hybridized carbons (Fsp3) is 0.348. The summed E-state index contributed by atoms with van der Waals surface area (Å²) >= 11 is 0. The van der Waals surface area contributed by atoms with E-state index < -0.39 is 31.1 Å². The molecule has 176 valence electrons. The predicted octanol–water partition coefficient (Wildman–Crippen LogP) is 4.89. The van der Waals surface area contributed by atoms with Crippen molar-refractivity contribution in [2.75, 3.05) is 6.61 Å². The Hall–Kier alpha value is -3.56. The molecule has 7 nitrogen and oxygen atoms in total. The lowest BCUT2D eigenvalue weighted by atomic mass is 10.1. The molecule has 0 aliphatic carbocycles. The molecule has 0 N–H and O–H groups in total. The summed E-state index contributed by atoms with van der Waals surface area (Å²) in [5.74, 6) is -0.134. The number of nitrogens with zero attached hydrogens (tertiary/aromatic N) is 2. The molecular weight excluding hydrogens is 441 g/mol. The Balaban J connectivity index is 1.57. The molecule has 2 heterocycles. The molecule has 0 aliphatic rings. The van der Waals surface area contributed by atoms with Gasteiger partial charge in [-0.25, -0.2) is 4.79 Å². The summed E-state index contributed by atoms with van der Waals surface area (Å²) in [6.45, 7) is 4.98. The molecular formula is C23H23F3N2O5. The Kier molecular flexibility index (Phi) is 6.95. The fourth-order valence-corrected chi connectivity index (χ4v) is 3.35. The maximum atomic E-state index is 12.7. The van der Waals surface area contributed by atoms with Crippen molar-refractivity contribution in [1.29, 1.82) is 0 Å². The Labute approximate surface area is 188 Å². The standard InChI is InChI=1S/C23H23F3N2O5/c1-13-9-19(15(3)28(13)12-23(24,25)26)21(29)11-32-22(30)17-5-7-18(8-6-17)31-10-20-14(2)27-33-16(20)4/h5-9H,10-12H2,1-4H3. The van der Waals surface area contributed by atoms with E-state index in [1.54, 1.807) is 19.1 Å². The van der Waals surface area contributed by atoms with Crippen LogP contribution in [0.2, 0.25) is 0 Å². The highest BCUT2D eigenvalue weighted by Crippen LogP contribution is 2.24. The van der Waals surface area contributed by atoms with Crippen molar-refractivity contribution in [3.63, 3.8) is 0 Å². The van der Waals surface area contributed by atoms with Crippen molar-refractivity contribution in [1.82, 2.24) is 9.72 Å². The topological polar surface area (TPSA) is 83.6 Å². The third kappa shape index (κ3) is 5.82. The molecule has 0 saturated carbocycles. The van der Waals surface area contributed by atoms with Crippen LogP contribution in [-0.2, 0) is 17.9 Å². The summed E-state index contributed by atoms with van der Waals surface area (Å²) in [6.07, 6.45) is -4.41. The van der Waals surface area contributed by atoms with Gasteiger partial charge in [0.1, 0.15) is 24.7 Å². The van der Waals surface area contributed by atoms with Crippen molar-refractivity contribution < 1.29 is 36.8 Å². The van der Waals surface area contributed by atoms with E-state index >= 15 is 0 Å². The van der Waals surface area contributed by atoms with Gasteiger partial charge in [0.25, 0.3) is 0 Å². The highest BCUT2D eigenvalue weighted by molar-refractivity contribution is 6.00. The number of aromatic nitrogens is 2. The number of esters is 1. The zero-order chi connectivity index (χ0) is 24.3. The average Bonchev–Trinajstić information content (AvgIpc) is 3.22.